The van der Waals surface area contributed by atoms with Crippen molar-refractivity contribution < 1.29 is 105 Å². The number of fused-ring (bicyclic) bond motifs is 2. The summed E-state index contributed by atoms with van der Waals surface area (Å²) in [4.78, 5) is 12.6. The van der Waals surface area contributed by atoms with E-state index in [1.54, 1.807) is 0 Å². The van der Waals surface area contributed by atoms with Crippen LogP contribution in [0.5, 0.6) is 5.75 Å². The van der Waals surface area contributed by atoms with E-state index in [0.29, 0.717) is 6.07 Å². The van der Waals surface area contributed by atoms with Gasteiger partial charge in [0.15, 0.2) is 11.2 Å². The predicted octanol–water partition coefficient (Wildman–Crippen LogP) is 9.36. The van der Waals surface area contributed by atoms with Gasteiger partial charge in [0, 0.05) is 15.5 Å². The van der Waals surface area contributed by atoms with E-state index < -0.39 is 90.2 Å². The van der Waals surface area contributed by atoms with Gasteiger partial charge >= 0.3 is 68.9 Å². The minimum atomic E-state index is -9.44. The van der Waals surface area contributed by atoms with E-state index in [0.717, 1.165) is 18.2 Å². The molecule has 0 radical (unpaired) electrons. The van der Waals surface area contributed by atoms with Crippen molar-refractivity contribution in [3.8, 4) is 5.75 Å². The van der Waals surface area contributed by atoms with Gasteiger partial charge in [-0.1, -0.05) is 18.2 Å². The fourth-order valence-corrected chi connectivity index (χ4v) is 5.83. The Morgan fingerprint density at radius 1 is 0.480 bits per heavy atom. The van der Waals surface area contributed by atoms with Crippen molar-refractivity contribution in [2.45, 2.75) is 58.8 Å². The Labute approximate surface area is 264 Å². The second-order valence-electron chi connectivity index (χ2n) is 9.71. The summed E-state index contributed by atoms with van der Waals surface area (Å²) in [7, 11) is -8.06. The van der Waals surface area contributed by atoms with Crippen LogP contribution in [-0.4, -0.2) is 67.2 Å². The van der Waals surface area contributed by atoms with E-state index in [1.165, 1.54) is 12.1 Å². The Morgan fingerprint density at radius 3 is 1.30 bits per heavy atom. The first-order valence-corrected chi connectivity index (χ1v) is 14.0. The lowest BCUT2D eigenvalue weighted by atomic mass is 9.87. The highest BCUT2D eigenvalue weighted by Crippen LogP contribution is 2.66. The maximum atomic E-state index is 14.6. The molecule has 0 fully saturated rings. The van der Waals surface area contributed by atoms with Crippen molar-refractivity contribution in [3.05, 3.63) is 52.7 Å². The topological polar surface area (TPSA) is 60.4 Å². The zero-order valence-corrected chi connectivity index (χ0v) is 24.1. The molecule has 0 saturated carbocycles. The van der Waals surface area contributed by atoms with Crippen LogP contribution in [0, 0.1) is 0 Å². The molecular weight excluding hydrogens is 803 g/mol. The van der Waals surface area contributed by atoms with E-state index >= 15 is 0 Å². The van der Waals surface area contributed by atoms with Gasteiger partial charge in [0.25, 0.3) is 0 Å². The van der Waals surface area contributed by atoms with Crippen LogP contribution in [-0.2, 0) is 10.1 Å². The summed E-state index contributed by atoms with van der Waals surface area (Å²) in [6.07, 6.45) is -8.12. The van der Waals surface area contributed by atoms with Crippen molar-refractivity contribution in [2.75, 3.05) is 0 Å². The first-order valence-electron chi connectivity index (χ1n) is 11.8. The molecule has 1 aromatic heterocycles. The minimum Gasteiger partial charge on any atom is -0.376 e. The van der Waals surface area contributed by atoms with Gasteiger partial charge in [-0.05, 0) is 24.3 Å². The van der Waals surface area contributed by atoms with E-state index in [9.17, 15) is 105 Å². The van der Waals surface area contributed by atoms with Crippen LogP contribution in [0.3, 0.4) is 0 Å². The summed E-state index contributed by atoms with van der Waals surface area (Å²) < 4.78 is 313. The molecule has 3 rings (SSSR count). The first-order chi connectivity index (χ1) is 22.0. The molecule has 1 heterocycles. The molecule has 0 bridgehead atoms. The first kappa shape index (κ1) is 41.0. The van der Waals surface area contributed by atoms with Crippen molar-refractivity contribution >= 4 is 41.6 Å². The summed E-state index contributed by atoms with van der Waals surface area (Å²) >= 11 is 0.246. The predicted molar refractivity (Wildman–Crippen MR) is 126 cm³/mol. The molecule has 27 heteroatoms. The molecule has 0 aliphatic heterocycles. The van der Waals surface area contributed by atoms with Crippen molar-refractivity contribution in [1.29, 1.82) is 0 Å². The molecule has 0 aliphatic rings. The van der Waals surface area contributed by atoms with Crippen LogP contribution in [0.2, 0.25) is 0 Å². The summed E-state index contributed by atoms with van der Waals surface area (Å²) in [5.74, 6) is -74.7. The number of halogens is 21. The van der Waals surface area contributed by atoms with Crippen LogP contribution in [0.4, 0.5) is 92.2 Å². The fraction of sp³-hybridized carbons (Fsp3) is 0.435. The third-order valence-corrected chi connectivity index (χ3v) is 9.05. The average Bonchev–Trinajstić information content (AvgIpc) is 2.96. The zero-order valence-electron chi connectivity index (χ0n) is 22.4. The van der Waals surface area contributed by atoms with E-state index in [2.05, 4.69) is 4.18 Å². The lowest BCUT2D eigenvalue weighted by Gasteiger charge is -2.44. The normalized spacial score (nSPS) is 15.5. The van der Waals surface area contributed by atoms with Crippen LogP contribution in [0.1, 0.15) is 0 Å². The molecule has 4 nitrogen and oxygen atoms in total. The zero-order chi connectivity index (χ0) is 39.3. The van der Waals surface area contributed by atoms with Gasteiger partial charge in [-0.25, -0.2) is 0 Å². The maximum Gasteiger partial charge on any atom is 0.460 e. The Bertz CT molecular complexity index is 1970. The second-order valence-corrected chi connectivity index (χ2v) is 12.3. The van der Waals surface area contributed by atoms with Gasteiger partial charge in [-0.15, -0.1) is 11.3 Å². The quantitative estimate of drug-likeness (QED) is 0.110. The molecular formula is C23H7F21O4S2. The molecule has 3 aromatic rings. The van der Waals surface area contributed by atoms with Crippen LogP contribution in [0.25, 0.3) is 20.2 Å². The molecule has 2 aromatic carbocycles. The van der Waals surface area contributed by atoms with Gasteiger partial charge < -0.3 is 4.18 Å². The Hall–Kier alpha value is -3.39. The summed E-state index contributed by atoms with van der Waals surface area (Å²) in [5.41, 5.74) is -1.06. The van der Waals surface area contributed by atoms with E-state index in [-0.39, 0.29) is 27.5 Å². The van der Waals surface area contributed by atoms with Crippen LogP contribution >= 0.6 is 11.3 Å². The number of rotatable bonds is 11. The Balaban J connectivity index is 2.16. The summed E-state index contributed by atoms with van der Waals surface area (Å²) in [6.45, 7) is 0. The third kappa shape index (κ3) is 5.13. The highest BCUT2D eigenvalue weighted by atomic mass is 32.2. The highest BCUT2D eigenvalue weighted by molar-refractivity contribution is 7.88. The van der Waals surface area contributed by atoms with Gasteiger partial charge in [-0.2, -0.15) is 101 Å². The van der Waals surface area contributed by atoms with Crippen LogP contribution < -0.4 is 9.61 Å². The molecule has 282 valence electrons. The average molecular weight is 810 g/mol. The van der Waals surface area contributed by atoms with Gasteiger partial charge in [0.1, 0.15) is 0 Å². The molecule has 0 aliphatic carbocycles. The van der Waals surface area contributed by atoms with Crippen molar-refractivity contribution in [3.63, 3.8) is 0 Å². The Morgan fingerprint density at radius 2 is 0.860 bits per heavy atom. The standard InChI is InChI=1S/C23H7F21O4S2/c24-14(25,16(28,29)18(32,33)20(36,37)22(40,41)42)15(26,27)17(30,31)19(34,35)21(38,39)23(43,44)50(46,47)48-10-6-3-5-9-12(45)8-4-1-2-7-11(8)49-13(9)10/h1-7H. The molecule has 0 amide bonds. The lowest BCUT2D eigenvalue weighted by Crippen LogP contribution is -2.77. The monoisotopic (exact) mass is 810 g/mol. The third-order valence-electron chi connectivity index (χ3n) is 6.56. The molecule has 0 unspecified atom stereocenters. The van der Waals surface area contributed by atoms with Crippen molar-refractivity contribution in [1.82, 2.24) is 0 Å². The molecule has 0 atom stereocenters. The number of hydrogen-bond acceptors (Lipinski definition) is 5. The van der Waals surface area contributed by atoms with Crippen molar-refractivity contribution in [2.24, 2.45) is 0 Å². The van der Waals surface area contributed by atoms with Crippen LogP contribution in [0.15, 0.2) is 47.3 Å². The molecule has 0 spiro atoms. The largest absolute Gasteiger partial charge is 0.460 e. The minimum absolute atomic E-state index is 0.139. The Kier molecular flexibility index (Phi) is 9.28. The van der Waals surface area contributed by atoms with Gasteiger partial charge in [0.2, 0.25) is 0 Å². The maximum absolute atomic E-state index is 14.6. The van der Waals surface area contributed by atoms with Gasteiger partial charge in [-0.3, -0.25) is 4.79 Å². The highest BCUT2D eigenvalue weighted by Gasteiger charge is 2.98. The summed E-state index contributed by atoms with van der Waals surface area (Å²) in [6, 6.07) is 6.36. The smallest absolute Gasteiger partial charge is 0.376 e. The molecule has 0 N–H and O–H groups in total. The van der Waals surface area contributed by atoms with E-state index in [1.807, 2.05) is 0 Å². The number of benzene rings is 2. The second kappa shape index (κ2) is 11.3. The van der Waals surface area contributed by atoms with E-state index in [4.69, 9.17) is 0 Å². The molecule has 0 saturated heterocycles. The SMILES string of the molecule is O=c1c2ccccc2sc2c(OS(=O)(=O)C(F)(F)C(F)(F)C(F)(F)C(F)(F)C(F)(F)C(F)(F)C(F)(F)C(F)(F)C(F)(F)C(F)(F)F)cccc12. The number of hydrogen-bond donors (Lipinski definition) is 0. The number of alkyl halides is 21. The fourth-order valence-electron chi connectivity index (χ4n) is 3.74. The molecule has 50 heavy (non-hydrogen) atoms. The summed E-state index contributed by atoms with van der Waals surface area (Å²) in [5, 5.41) is -8.91. The van der Waals surface area contributed by atoms with Gasteiger partial charge in [0.05, 0.1) is 4.70 Å². The lowest BCUT2D eigenvalue weighted by molar-refractivity contribution is -0.472.